The van der Waals surface area contributed by atoms with E-state index in [1.807, 2.05) is 30.3 Å². The number of hydrogen-bond acceptors (Lipinski definition) is 1. The molecule has 126 valence electrons. The van der Waals surface area contributed by atoms with Gasteiger partial charge in [-0.2, -0.15) is 0 Å². The molecule has 1 nitrogen and oxygen atoms in total. The standard InChI is InChI=1S/C24H17BrO/c1-3-4-7-18-15(2)6-5-8-19(18)16-9-11-20-21-12-10-17(25)14-23(21)24(26)22(20)13-16/h3-14H,1H2,2H3/b7-4-. The first-order chi connectivity index (χ1) is 12.6. The molecule has 2 heteroatoms. The summed E-state index contributed by atoms with van der Waals surface area (Å²) in [7, 11) is 0. The maximum Gasteiger partial charge on any atom is 0.194 e. The molecule has 0 atom stereocenters. The van der Waals surface area contributed by atoms with Gasteiger partial charge >= 0.3 is 0 Å². The van der Waals surface area contributed by atoms with Crippen molar-refractivity contribution in [3.63, 3.8) is 0 Å². The second kappa shape index (κ2) is 6.54. The molecule has 0 fully saturated rings. The van der Waals surface area contributed by atoms with E-state index in [0.29, 0.717) is 0 Å². The summed E-state index contributed by atoms with van der Waals surface area (Å²) in [5.74, 6) is 0.0917. The molecule has 0 unspecified atom stereocenters. The Morgan fingerprint density at radius 2 is 1.62 bits per heavy atom. The zero-order valence-corrected chi connectivity index (χ0v) is 16.0. The van der Waals surface area contributed by atoms with Crippen molar-refractivity contribution in [1.82, 2.24) is 0 Å². The molecule has 0 N–H and O–H groups in total. The van der Waals surface area contributed by atoms with Crippen molar-refractivity contribution in [1.29, 1.82) is 0 Å². The molecule has 26 heavy (non-hydrogen) atoms. The Balaban J connectivity index is 1.88. The van der Waals surface area contributed by atoms with Gasteiger partial charge in [0.15, 0.2) is 5.78 Å². The van der Waals surface area contributed by atoms with E-state index in [-0.39, 0.29) is 5.78 Å². The number of allylic oxidation sites excluding steroid dienone is 2. The van der Waals surface area contributed by atoms with E-state index in [1.165, 1.54) is 5.56 Å². The van der Waals surface area contributed by atoms with Gasteiger partial charge in [-0.3, -0.25) is 4.79 Å². The van der Waals surface area contributed by atoms with Gasteiger partial charge < -0.3 is 0 Å². The van der Waals surface area contributed by atoms with Gasteiger partial charge in [-0.1, -0.05) is 77.1 Å². The highest BCUT2D eigenvalue weighted by molar-refractivity contribution is 9.10. The van der Waals surface area contributed by atoms with E-state index in [1.54, 1.807) is 6.08 Å². The van der Waals surface area contributed by atoms with Crippen LogP contribution in [0.15, 0.2) is 77.8 Å². The third-order valence-corrected chi connectivity index (χ3v) is 5.31. The molecule has 0 amide bonds. The van der Waals surface area contributed by atoms with Crippen LogP contribution in [0.25, 0.3) is 28.3 Å². The van der Waals surface area contributed by atoms with Crippen molar-refractivity contribution in [2.75, 3.05) is 0 Å². The summed E-state index contributed by atoms with van der Waals surface area (Å²) in [6.07, 6.45) is 5.78. The highest BCUT2D eigenvalue weighted by Gasteiger charge is 2.27. The molecule has 0 heterocycles. The Morgan fingerprint density at radius 1 is 0.885 bits per heavy atom. The number of benzene rings is 3. The highest BCUT2D eigenvalue weighted by Crippen LogP contribution is 2.40. The van der Waals surface area contributed by atoms with Crippen LogP contribution in [-0.4, -0.2) is 5.78 Å². The first-order valence-corrected chi connectivity index (χ1v) is 9.27. The lowest BCUT2D eigenvalue weighted by Crippen LogP contribution is -1.96. The maximum atomic E-state index is 12.9. The van der Waals surface area contributed by atoms with Gasteiger partial charge in [0.2, 0.25) is 0 Å². The predicted molar refractivity (Wildman–Crippen MR) is 112 cm³/mol. The number of aryl methyl sites for hydroxylation is 1. The number of carbonyl (C=O) groups is 1. The Labute approximate surface area is 161 Å². The van der Waals surface area contributed by atoms with Crippen LogP contribution < -0.4 is 0 Å². The molecule has 3 aromatic carbocycles. The molecule has 1 aliphatic rings. The minimum Gasteiger partial charge on any atom is -0.289 e. The molecule has 0 spiro atoms. The number of rotatable bonds is 3. The van der Waals surface area contributed by atoms with E-state index in [9.17, 15) is 4.79 Å². The second-order valence-electron chi connectivity index (χ2n) is 6.41. The molecular formula is C24H17BrO. The lowest BCUT2D eigenvalue weighted by molar-refractivity contribution is 0.104. The minimum atomic E-state index is 0.0917. The summed E-state index contributed by atoms with van der Waals surface area (Å²) >= 11 is 3.46. The molecule has 3 aromatic rings. The van der Waals surface area contributed by atoms with Gasteiger partial charge in [0.25, 0.3) is 0 Å². The Morgan fingerprint density at radius 3 is 2.38 bits per heavy atom. The van der Waals surface area contributed by atoms with Gasteiger partial charge in [0.05, 0.1) is 0 Å². The average Bonchev–Trinajstić information content (AvgIpc) is 2.92. The fraction of sp³-hybridized carbons (Fsp3) is 0.0417. The Bertz CT molecular complexity index is 1090. The van der Waals surface area contributed by atoms with Gasteiger partial charge in [-0.15, -0.1) is 0 Å². The third kappa shape index (κ3) is 2.67. The first-order valence-electron chi connectivity index (χ1n) is 8.48. The van der Waals surface area contributed by atoms with Crippen LogP contribution in [0.3, 0.4) is 0 Å². The zero-order valence-electron chi connectivity index (χ0n) is 14.4. The normalized spacial score (nSPS) is 12.3. The summed E-state index contributed by atoms with van der Waals surface area (Å²) in [5, 5.41) is 0. The Hall–Kier alpha value is -2.71. The first kappa shape index (κ1) is 16.7. The quantitative estimate of drug-likeness (QED) is 0.344. The molecule has 0 aromatic heterocycles. The smallest absolute Gasteiger partial charge is 0.194 e. The molecule has 0 bridgehead atoms. The van der Waals surface area contributed by atoms with Crippen molar-refractivity contribution in [3.8, 4) is 22.3 Å². The van der Waals surface area contributed by atoms with Gasteiger partial charge in [0.1, 0.15) is 0 Å². The van der Waals surface area contributed by atoms with Crippen LogP contribution >= 0.6 is 15.9 Å². The van der Waals surface area contributed by atoms with Gasteiger partial charge in [-0.05, 0) is 58.5 Å². The van der Waals surface area contributed by atoms with Crippen LogP contribution in [-0.2, 0) is 0 Å². The average molecular weight is 401 g/mol. The predicted octanol–water partition coefficient (Wildman–Crippen LogP) is 6.84. The summed E-state index contributed by atoms with van der Waals surface area (Å²) < 4.78 is 0.924. The monoisotopic (exact) mass is 400 g/mol. The lowest BCUT2D eigenvalue weighted by atomic mass is 9.93. The topological polar surface area (TPSA) is 17.1 Å². The number of hydrogen-bond donors (Lipinski definition) is 0. The maximum absolute atomic E-state index is 12.9. The van der Waals surface area contributed by atoms with Crippen LogP contribution in [0.2, 0.25) is 0 Å². The molecule has 0 radical (unpaired) electrons. The lowest BCUT2D eigenvalue weighted by Gasteiger charge is -2.11. The number of fused-ring (bicyclic) bond motifs is 3. The van der Waals surface area contributed by atoms with Crippen molar-refractivity contribution >= 4 is 27.8 Å². The highest BCUT2D eigenvalue weighted by atomic mass is 79.9. The van der Waals surface area contributed by atoms with Crippen LogP contribution in [0.1, 0.15) is 27.0 Å². The van der Waals surface area contributed by atoms with Crippen molar-refractivity contribution in [2.24, 2.45) is 0 Å². The molecular weight excluding hydrogens is 384 g/mol. The fourth-order valence-corrected chi connectivity index (χ4v) is 3.90. The van der Waals surface area contributed by atoms with E-state index < -0.39 is 0 Å². The fourth-order valence-electron chi connectivity index (χ4n) is 3.54. The summed E-state index contributed by atoms with van der Waals surface area (Å²) in [6.45, 7) is 5.86. The molecule has 4 rings (SSSR count). The van der Waals surface area contributed by atoms with E-state index >= 15 is 0 Å². The van der Waals surface area contributed by atoms with Crippen LogP contribution in [0, 0.1) is 6.92 Å². The van der Waals surface area contributed by atoms with Gasteiger partial charge in [0, 0.05) is 15.6 Å². The largest absolute Gasteiger partial charge is 0.289 e. The molecule has 0 saturated carbocycles. The second-order valence-corrected chi connectivity index (χ2v) is 7.33. The molecule has 0 aliphatic heterocycles. The van der Waals surface area contributed by atoms with E-state index in [4.69, 9.17) is 0 Å². The van der Waals surface area contributed by atoms with Gasteiger partial charge in [-0.25, -0.2) is 0 Å². The van der Waals surface area contributed by atoms with E-state index in [0.717, 1.165) is 43.4 Å². The molecule has 0 saturated heterocycles. The van der Waals surface area contributed by atoms with Crippen molar-refractivity contribution in [3.05, 3.63) is 100 Å². The van der Waals surface area contributed by atoms with Crippen molar-refractivity contribution in [2.45, 2.75) is 6.92 Å². The SMILES string of the molecule is C=C/C=C\c1c(C)cccc1-c1ccc2c(c1)C(=O)c1cc(Br)ccc1-2. The number of ketones is 1. The summed E-state index contributed by atoms with van der Waals surface area (Å²) in [6, 6.07) is 18.3. The minimum absolute atomic E-state index is 0.0917. The third-order valence-electron chi connectivity index (χ3n) is 4.81. The van der Waals surface area contributed by atoms with Crippen LogP contribution in [0.5, 0.6) is 0 Å². The summed E-state index contributed by atoms with van der Waals surface area (Å²) in [4.78, 5) is 12.9. The van der Waals surface area contributed by atoms with Crippen molar-refractivity contribution < 1.29 is 4.79 Å². The zero-order chi connectivity index (χ0) is 18.3. The molecule has 1 aliphatic carbocycles. The van der Waals surface area contributed by atoms with Crippen LogP contribution in [0.4, 0.5) is 0 Å². The summed E-state index contributed by atoms with van der Waals surface area (Å²) in [5.41, 5.74) is 8.08. The Kier molecular flexibility index (Phi) is 4.21. The van der Waals surface area contributed by atoms with E-state index in [2.05, 4.69) is 65.8 Å². The number of carbonyl (C=O) groups excluding carboxylic acids is 1. The number of halogens is 1.